The molecule has 0 aliphatic carbocycles. The van der Waals surface area contributed by atoms with Gasteiger partial charge in [0, 0.05) is 25.2 Å². The molecule has 0 bridgehead atoms. The van der Waals surface area contributed by atoms with E-state index in [9.17, 15) is 9.59 Å². The van der Waals surface area contributed by atoms with E-state index in [1.165, 1.54) is 0 Å². The Balaban J connectivity index is 2.35. The number of benzene rings is 1. The van der Waals surface area contributed by atoms with Crippen LogP contribution in [0.3, 0.4) is 0 Å². The molecule has 5 N–H and O–H groups in total. The molecule has 1 aromatic carbocycles. The summed E-state index contributed by atoms with van der Waals surface area (Å²) in [4.78, 5) is 22.4. The van der Waals surface area contributed by atoms with Crippen molar-refractivity contribution in [3.8, 4) is 0 Å². The van der Waals surface area contributed by atoms with E-state index in [4.69, 9.17) is 5.73 Å². The molecule has 6 heteroatoms. The second-order valence-electron chi connectivity index (χ2n) is 4.42. The maximum absolute atomic E-state index is 11.8. The van der Waals surface area contributed by atoms with E-state index in [0.717, 1.165) is 25.1 Å². The molecule has 0 aliphatic rings. The van der Waals surface area contributed by atoms with E-state index in [0.29, 0.717) is 18.7 Å². The van der Waals surface area contributed by atoms with Gasteiger partial charge in [0.25, 0.3) is 5.91 Å². The minimum absolute atomic E-state index is 0.0993. The lowest BCUT2D eigenvalue weighted by Gasteiger charge is -2.07. The number of primary amides is 1. The molecule has 0 unspecified atom stereocenters. The number of nitrogens with two attached hydrogens (primary N) is 1. The normalized spacial score (nSPS) is 10.1. The quantitative estimate of drug-likeness (QED) is 0.524. The summed E-state index contributed by atoms with van der Waals surface area (Å²) in [6.07, 6.45) is 1.08. The maximum atomic E-state index is 11.8. The molecule has 110 valence electrons. The van der Waals surface area contributed by atoms with Crippen LogP contribution in [-0.4, -0.2) is 31.6 Å². The molecule has 0 aliphatic heterocycles. The second kappa shape index (κ2) is 8.92. The van der Waals surface area contributed by atoms with Crippen molar-refractivity contribution in [1.82, 2.24) is 16.0 Å². The van der Waals surface area contributed by atoms with Gasteiger partial charge in [0.2, 0.25) is 0 Å². The van der Waals surface area contributed by atoms with Gasteiger partial charge in [0.05, 0.1) is 0 Å². The standard InChI is InChI=1S/C14H22N4O2/c1-2-7-16-8-9-17-13(19)12-5-3-11(4-6-12)10-18-14(15)20/h3-6,16H,2,7-10H2,1H3,(H,17,19)(H3,15,18,20). The van der Waals surface area contributed by atoms with Crippen molar-refractivity contribution in [3.63, 3.8) is 0 Å². The van der Waals surface area contributed by atoms with Gasteiger partial charge in [-0.05, 0) is 30.7 Å². The molecule has 0 fully saturated rings. The van der Waals surface area contributed by atoms with E-state index < -0.39 is 6.03 Å². The highest BCUT2D eigenvalue weighted by Crippen LogP contribution is 2.04. The summed E-state index contributed by atoms with van der Waals surface area (Å²) in [5.41, 5.74) is 6.48. The first-order valence-corrected chi connectivity index (χ1v) is 6.74. The summed E-state index contributed by atoms with van der Waals surface area (Å²) in [6.45, 7) is 4.78. The maximum Gasteiger partial charge on any atom is 0.312 e. The van der Waals surface area contributed by atoms with Crippen molar-refractivity contribution >= 4 is 11.9 Å². The Labute approximate surface area is 119 Å². The van der Waals surface area contributed by atoms with Crippen molar-refractivity contribution in [2.24, 2.45) is 5.73 Å². The van der Waals surface area contributed by atoms with Crippen LogP contribution in [0.4, 0.5) is 4.79 Å². The average Bonchev–Trinajstić information content (AvgIpc) is 2.45. The Bertz CT molecular complexity index is 431. The van der Waals surface area contributed by atoms with Crippen molar-refractivity contribution < 1.29 is 9.59 Å². The Hall–Kier alpha value is -2.08. The zero-order valence-corrected chi connectivity index (χ0v) is 11.7. The third-order valence-electron chi connectivity index (χ3n) is 2.70. The average molecular weight is 278 g/mol. The molecule has 0 aromatic heterocycles. The highest BCUT2D eigenvalue weighted by molar-refractivity contribution is 5.94. The van der Waals surface area contributed by atoms with Crippen LogP contribution >= 0.6 is 0 Å². The molecule has 0 atom stereocenters. The van der Waals surface area contributed by atoms with E-state index in [2.05, 4.69) is 22.9 Å². The molecule has 20 heavy (non-hydrogen) atoms. The van der Waals surface area contributed by atoms with Crippen molar-refractivity contribution in [3.05, 3.63) is 35.4 Å². The summed E-state index contributed by atoms with van der Waals surface area (Å²) in [7, 11) is 0. The number of carbonyl (C=O) groups is 2. The minimum atomic E-state index is -0.564. The lowest BCUT2D eigenvalue weighted by Crippen LogP contribution is -2.32. The first kappa shape index (κ1) is 16.0. The lowest BCUT2D eigenvalue weighted by atomic mass is 10.1. The fourth-order valence-corrected chi connectivity index (χ4v) is 1.63. The van der Waals surface area contributed by atoms with Crippen LogP contribution in [0.1, 0.15) is 29.3 Å². The number of urea groups is 1. The van der Waals surface area contributed by atoms with Gasteiger partial charge >= 0.3 is 6.03 Å². The summed E-state index contributed by atoms with van der Waals surface area (Å²) >= 11 is 0. The summed E-state index contributed by atoms with van der Waals surface area (Å²) in [6, 6.07) is 6.48. The highest BCUT2D eigenvalue weighted by atomic mass is 16.2. The predicted octanol–water partition coefficient (Wildman–Crippen LogP) is 0.584. The molecule has 0 saturated carbocycles. The first-order chi connectivity index (χ1) is 9.63. The fourth-order valence-electron chi connectivity index (χ4n) is 1.63. The van der Waals surface area contributed by atoms with Gasteiger partial charge in [-0.15, -0.1) is 0 Å². The zero-order chi connectivity index (χ0) is 14.8. The van der Waals surface area contributed by atoms with Crippen LogP contribution in [0.5, 0.6) is 0 Å². The van der Waals surface area contributed by atoms with Gasteiger partial charge in [-0.2, -0.15) is 0 Å². The molecule has 6 nitrogen and oxygen atoms in total. The second-order valence-corrected chi connectivity index (χ2v) is 4.42. The van der Waals surface area contributed by atoms with Crippen molar-refractivity contribution in [2.45, 2.75) is 19.9 Å². The monoisotopic (exact) mass is 278 g/mol. The molecular weight excluding hydrogens is 256 g/mol. The van der Waals surface area contributed by atoms with Crippen LogP contribution in [0.25, 0.3) is 0 Å². The number of nitrogens with one attached hydrogen (secondary N) is 3. The Morgan fingerprint density at radius 3 is 2.35 bits per heavy atom. The first-order valence-electron chi connectivity index (χ1n) is 6.74. The molecule has 0 heterocycles. The largest absolute Gasteiger partial charge is 0.352 e. The Morgan fingerprint density at radius 1 is 1.05 bits per heavy atom. The highest BCUT2D eigenvalue weighted by Gasteiger charge is 2.04. The van der Waals surface area contributed by atoms with Gasteiger partial charge in [0.1, 0.15) is 0 Å². The number of rotatable bonds is 8. The molecule has 1 aromatic rings. The fraction of sp³-hybridized carbons (Fsp3) is 0.429. The van der Waals surface area contributed by atoms with Gasteiger partial charge in [0.15, 0.2) is 0 Å². The number of carbonyl (C=O) groups excluding carboxylic acids is 2. The van der Waals surface area contributed by atoms with Crippen molar-refractivity contribution in [2.75, 3.05) is 19.6 Å². The molecule has 0 saturated heterocycles. The number of amides is 3. The van der Waals surface area contributed by atoms with Gasteiger partial charge < -0.3 is 21.7 Å². The molecule has 3 amide bonds. The summed E-state index contributed by atoms with van der Waals surface area (Å²) < 4.78 is 0. The predicted molar refractivity (Wildman–Crippen MR) is 78.4 cm³/mol. The smallest absolute Gasteiger partial charge is 0.312 e. The summed E-state index contributed by atoms with van der Waals surface area (Å²) in [5.74, 6) is -0.0993. The molecule has 1 rings (SSSR count). The summed E-state index contributed by atoms with van der Waals surface area (Å²) in [5, 5.41) is 8.54. The molecule has 0 spiro atoms. The number of hydrogen-bond acceptors (Lipinski definition) is 3. The Kier molecular flexibility index (Phi) is 7.13. The van der Waals surface area contributed by atoms with Crippen LogP contribution in [0.15, 0.2) is 24.3 Å². The molecular formula is C14H22N4O2. The van der Waals surface area contributed by atoms with Crippen LogP contribution < -0.4 is 21.7 Å². The van der Waals surface area contributed by atoms with E-state index in [-0.39, 0.29) is 5.91 Å². The van der Waals surface area contributed by atoms with Crippen LogP contribution in [0.2, 0.25) is 0 Å². The third-order valence-corrected chi connectivity index (χ3v) is 2.70. The van der Waals surface area contributed by atoms with E-state index in [1.807, 2.05) is 0 Å². The minimum Gasteiger partial charge on any atom is -0.352 e. The van der Waals surface area contributed by atoms with Crippen LogP contribution in [0, 0.1) is 0 Å². The van der Waals surface area contributed by atoms with Crippen LogP contribution in [-0.2, 0) is 6.54 Å². The van der Waals surface area contributed by atoms with E-state index in [1.54, 1.807) is 24.3 Å². The van der Waals surface area contributed by atoms with Gasteiger partial charge in [-0.3, -0.25) is 4.79 Å². The third kappa shape index (κ3) is 6.19. The SMILES string of the molecule is CCCNCCNC(=O)c1ccc(CNC(N)=O)cc1. The van der Waals surface area contributed by atoms with Gasteiger partial charge in [-0.25, -0.2) is 4.79 Å². The van der Waals surface area contributed by atoms with Crippen molar-refractivity contribution in [1.29, 1.82) is 0 Å². The number of hydrogen-bond donors (Lipinski definition) is 4. The molecule has 0 radical (unpaired) electrons. The lowest BCUT2D eigenvalue weighted by molar-refractivity contribution is 0.0954. The topological polar surface area (TPSA) is 96.2 Å². The van der Waals surface area contributed by atoms with Gasteiger partial charge in [-0.1, -0.05) is 19.1 Å². The van der Waals surface area contributed by atoms with E-state index >= 15 is 0 Å². The zero-order valence-electron chi connectivity index (χ0n) is 11.7. The Morgan fingerprint density at radius 2 is 1.75 bits per heavy atom.